The van der Waals surface area contributed by atoms with E-state index in [9.17, 15) is 13.2 Å². The molecule has 1 saturated carbocycles. The third kappa shape index (κ3) is 6.80. The Morgan fingerprint density at radius 2 is 1.66 bits per heavy atom. The summed E-state index contributed by atoms with van der Waals surface area (Å²) in [5.41, 5.74) is 1.76. The van der Waals surface area contributed by atoms with Crippen LogP contribution in [0.15, 0.2) is 53.4 Å². The monoisotopic (exact) mass is 477 g/mol. The van der Waals surface area contributed by atoms with Crippen molar-refractivity contribution in [1.29, 1.82) is 0 Å². The van der Waals surface area contributed by atoms with Gasteiger partial charge in [-0.05, 0) is 86.3 Å². The minimum absolute atomic E-state index is 0.192. The molecule has 0 saturated heterocycles. The van der Waals surface area contributed by atoms with E-state index in [-0.39, 0.29) is 10.9 Å². The summed E-state index contributed by atoms with van der Waals surface area (Å²) in [5.74, 6) is 0.406. The molecule has 0 amide bonds. The lowest BCUT2D eigenvalue weighted by Gasteiger charge is -2.40. The van der Waals surface area contributed by atoms with Crippen molar-refractivity contribution in [3.05, 3.63) is 64.7 Å². The number of benzene rings is 2. The Labute approximate surface area is 196 Å². The third-order valence-corrected chi connectivity index (χ3v) is 8.19. The maximum atomic E-state index is 13.1. The zero-order chi connectivity index (χ0) is 23.2. The van der Waals surface area contributed by atoms with Crippen LogP contribution in [0.5, 0.6) is 0 Å². The van der Waals surface area contributed by atoms with Crippen LogP contribution in [0.25, 0.3) is 0 Å². The Kier molecular flexibility index (Phi) is 8.37. The highest BCUT2D eigenvalue weighted by Gasteiger charge is 2.38. The van der Waals surface area contributed by atoms with Crippen LogP contribution in [0.1, 0.15) is 56.6 Å². The number of nitrogens with one attached hydrogen (secondary N) is 1. The molecule has 32 heavy (non-hydrogen) atoms. The van der Waals surface area contributed by atoms with E-state index in [2.05, 4.69) is 40.6 Å². The number of hydrogen-bond acceptors (Lipinski definition) is 4. The van der Waals surface area contributed by atoms with Gasteiger partial charge in [0.1, 0.15) is 0 Å². The molecule has 2 aromatic rings. The molecule has 7 heteroatoms. The minimum atomic E-state index is -3.66. The molecule has 0 heterocycles. The van der Waals surface area contributed by atoms with Crippen molar-refractivity contribution in [2.45, 2.75) is 68.7 Å². The fourth-order valence-corrected chi connectivity index (χ4v) is 5.93. The van der Waals surface area contributed by atoms with Crippen LogP contribution in [0.4, 0.5) is 0 Å². The highest BCUT2D eigenvalue weighted by atomic mass is 35.5. The number of halogens is 1. The maximum absolute atomic E-state index is 13.1. The van der Waals surface area contributed by atoms with Gasteiger partial charge in [0.2, 0.25) is 10.0 Å². The Morgan fingerprint density at radius 1 is 1.06 bits per heavy atom. The van der Waals surface area contributed by atoms with Crippen LogP contribution in [-0.4, -0.2) is 27.0 Å². The summed E-state index contributed by atoms with van der Waals surface area (Å²) >= 11 is 5.93. The molecule has 3 rings (SSSR count). The van der Waals surface area contributed by atoms with E-state index in [1.165, 1.54) is 7.11 Å². The number of carbonyl (C=O) groups is 1. The molecule has 0 bridgehead atoms. The predicted molar refractivity (Wildman–Crippen MR) is 127 cm³/mol. The molecule has 1 N–H and O–H groups in total. The van der Waals surface area contributed by atoms with Crippen LogP contribution >= 0.6 is 11.6 Å². The predicted octanol–water partition coefficient (Wildman–Crippen LogP) is 5.31. The number of rotatable bonds is 9. The lowest BCUT2D eigenvalue weighted by atomic mass is 9.74. The second-order valence-corrected chi connectivity index (χ2v) is 11.1. The topological polar surface area (TPSA) is 72.5 Å². The van der Waals surface area contributed by atoms with Gasteiger partial charge in [0, 0.05) is 17.0 Å². The molecule has 1 fully saturated rings. The standard InChI is InChI=1S/C25H32ClNO4S/c1-19-14-16-25(17-15-19,27-32(29,30)23-12-10-22(26)11-13-23)18-21-8-6-20(7-9-21)4-3-5-24(28)31-2/h6-13,19,27H,3-5,14-18H2,1-2H3/t19-,25+. The molecular weight excluding hydrogens is 446 g/mol. The van der Waals surface area contributed by atoms with Crippen LogP contribution in [-0.2, 0) is 32.4 Å². The first kappa shape index (κ1) is 24.7. The van der Waals surface area contributed by atoms with Gasteiger partial charge < -0.3 is 4.74 Å². The highest BCUT2D eigenvalue weighted by molar-refractivity contribution is 7.89. The van der Waals surface area contributed by atoms with Gasteiger partial charge in [0.05, 0.1) is 12.0 Å². The summed E-state index contributed by atoms with van der Waals surface area (Å²) in [6, 6.07) is 14.6. The molecule has 0 unspecified atom stereocenters. The molecule has 0 aliphatic heterocycles. The number of methoxy groups -OCH3 is 1. The second kappa shape index (κ2) is 10.8. The molecule has 0 radical (unpaired) electrons. The normalized spacial score (nSPS) is 21.3. The first-order valence-corrected chi connectivity index (χ1v) is 13.0. The molecule has 5 nitrogen and oxygen atoms in total. The van der Waals surface area contributed by atoms with Crippen molar-refractivity contribution in [3.63, 3.8) is 0 Å². The van der Waals surface area contributed by atoms with E-state index >= 15 is 0 Å². The number of carbonyl (C=O) groups excluding carboxylic acids is 1. The van der Waals surface area contributed by atoms with E-state index in [0.29, 0.717) is 23.8 Å². The van der Waals surface area contributed by atoms with Crippen molar-refractivity contribution in [1.82, 2.24) is 4.72 Å². The summed E-state index contributed by atoms with van der Waals surface area (Å²) in [6.07, 6.45) is 6.21. The average molecular weight is 478 g/mol. The van der Waals surface area contributed by atoms with E-state index in [1.54, 1.807) is 24.3 Å². The van der Waals surface area contributed by atoms with Gasteiger partial charge in [0.15, 0.2) is 0 Å². The Bertz CT molecular complexity index is 995. The van der Waals surface area contributed by atoms with Gasteiger partial charge in [-0.3, -0.25) is 4.79 Å². The van der Waals surface area contributed by atoms with Gasteiger partial charge in [0.25, 0.3) is 0 Å². The Hall–Kier alpha value is -1.89. The van der Waals surface area contributed by atoms with E-state index < -0.39 is 15.6 Å². The van der Waals surface area contributed by atoms with Crippen LogP contribution in [0, 0.1) is 5.92 Å². The molecule has 2 aromatic carbocycles. The summed E-state index contributed by atoms with van der Waals surface area (Å²) in [6.45, 7) is 2.22. The number of aryl methyl sites for hydroxylation is 1. The Balaban J connectivity index is 1.73. The number of hydrogen-bond donors (Lipinski definition) is 1. The fourth-order valence-electron chi connectivity index (χ4n) is 4.34. The highest BCUT2D eigenvalue weighted by Crippen LogP contribution is 2.36. The second-order valence-electron chi connectivity index (χ2n) is 8.95. The van der Waals surface area contributed by atoms with Crippen LogP contribution in [0.2, 0.25) is 5.02 Å². The van der Waals surface area contributed by atoms with Crippen molar-refractivity contribution >= 4 is 27.6 Å². The van der Waals surface area contributed by atoms with Gasteiger partial charge in [-0.2, -0.15) is 0 Å². The fraction of sp³-hybridized carbons (Fsp3) is 0.480. The molecule has 0 spiro atoms. The molecule has 0 aromatic heterocycles. The van der Waals surface area contributed by atoms with Crippen molar-refractivity contribution in [3.8, 4) is 0 Å². The van der Waals surface area contributed by atoms with Crippen molar-refractivity contribution in [2.24, 2.45) is 5.92 Å². The first-order valence-electron chi connectivity index (χ1n) is 11.2. The quantitative estimate of drug-likeness (QED) is 0.497. The summed E-state index contributed by atoms with van der Waals surface area (Å²) in [7, 11) is -2.25. The molecule has 0 atom stereocenters. The zero-order valence-corrected chi connectivity index (χ0v) is 20.3. The SMILES string of the molecule is COC(=O)CCCc1ccc(C[C@]2(NS(=O)(=O)c3ccc(Cl)cc3)CC[C@@H](C)CC2)cc1. The minimum Gasteiger partial charge on any atom is -0.469 e. The Morgan fingerprint density at radius 3 is 2.25 bits per heavy atom. The van der Waals surface area contributed by atoms with Gasteiger partial charge in [-0.15, -0.1) is 0 Å². The lowest BCUT2D eigenvalue weighted by Crippen LogP contribution is -2.52. The molecule has 1 aliphatic carbocycles. The summed E-state index contributed by atoms with van der Waals surface area (Å²) in [5, 5.41) is 0.511. The largest absolute Gasteiger partial charge is 0.469 e. The van der Waals surface area contributed by atoms with Gasteiger partial charge in [-0.1, -0.05) is 42.8 Å². The van der Waals surface area contributed by atoms with Gasteiger partial charge in [-0.25, -0.2) is 13.1 Å². The number of esters is 1. The van der Waals surface area contributed by atoms with Crippen LogP contribution in [0.3, 0.4) is 0 Å². The smallest absolute Gasteiger partial charge is 0.305 e. The lowest BCUT2D eigenvalue weighted by molar-refractivity contribution is -0.140. The third-order valence-electron chi connectivity index (χ3n) is 6.35. The molecular formula is C25H32ClNO4S. The number of sulfonamides is 1. The summed E-state index contributed by atoms with van der Waals surface area (Å²) in [4.78, 5) is 11.5. The number of ether oxygens (including phenoxy) is 1. The average Bonchev–Trinajstić information content (AvgIpc) is 2.77. The van der Waals surface area contributed by atoms with Crippen molar-refractivity contribution in [2.75, 3.05) is 7.11 Å². The van der Waals surface area contributed by atoms with E-state index in [4.69, 9.17) is 11.6 Å². The van der Waals surface area contributed by atoms with Crippen LogP contribution < -0.4 is 4.72 Å². The van der Waals surface area contributed by atoms with Gasteiger partial charge >= 0.3 is 5.97 Å². The molecule has 1 aliphatic rings. The first-order chi connectivity index (χ1) is 15.2. The van der Waals surface area contributed by atoms with Crippen molar-refractivity contribution < 1.29 is 17.9 Å². The molecule has 174 valence electrons. The maximum Gasteiger partial charge on any atom is 0.305 e. The van der Waals surface area contributed by atoms with E-state index in [0.717, 1.165) is 49.7 Å². The summed E-state index contributed by atoms with van der Waals surface area (Å²) < 4.78 is 34.0. The van der Waals surface area contributed by atoms with E-state index in [1.807, 2.05) is 0 Å². The zero-order valence-electron chi connectivity index (χ0n) is 18.8.